The van der Waals surface area contributed by atoms with Gasteiger partial charge in [0.05, 0.1) is 12.1 Å². The molecule has 1 saturated carbocycles. The van der Waals surface area contributed by atoms with Crippen molar-refractivity contribution in [3.05, 3.63) is 0 Å². The van der Waals surface area contributed by atoms with Crippen LogP contribution in [0.15, 0.2) is 0 Å². The lowest BCUT2D eigenvalue weighted by Gasteiger charge is -2.47. The maximum atomic E-state index is 12.2. The Balaban J connectivity index is 1.93. The van der Waals surface area contributed by atoms with Gasteiger partial charge < -0.3 is 5.11 Å². The van der Waals surface area contributed by atoms with Crippen LogP contribution >= 0.6 is 0 Å². The fraction of sp³-hybridized carbons (Fsp3) is 1.00. The highest BCUT2D eigenvalue weighted by atomic mass is 19.3. The van der Waals surface area contributed by atoms with Crippen LogP contribution < -0.4 is 0 Å². The highest BCUT2D eigenvalue weighted by molar-refractivity contribution is 4.95. The van der Waals surface area contributed by atoms with E-state index in [2.05, 4.69) is 0 Å². The van der Waals surface area contributed by atoms with Crippen LogP contribution in [0.4, 0.5) is 8.78 Å². The van der Waals surface area contributed by atoms with Gasteiger partial charge in [-0.2, -0.15) is 0 Å². The minimum absolute atomic E-state index is 0.132. The molecule has 0 amide bonds. The third-order valence-corrected chi connectivity index (χ3v) is 3.91. The van der Waals surface area contributed by atoms with Gasteiger partial charge in [-0.05, 0) is 19.3 Å². The second kappa shape index (κ2) is 4.34. The first-order valence-corrected chi connectivity index (χ1v) is 5.83. The van der Waals surface area contributed by atoms with E-state index in [-0.39, 0.29) is 12.5 Å². The zero-order chi connectivity index (χ0) is 10.9. The summed E-state index contributed by atoms with van der Waals surface area (Å²) in [5.41, 5.74) is -0.545. The van der Waals surface area contributed by atoms with Gasteiger partial charge in [0.2, 0.25) is 0 Å². The third kappa shape index (κ3) is 2.48. The predicted octanol–water partition coefficient (Wildman–Crippen LogP) is 1.88. The van der Waals surface area contributed by atoms with E-state index in [1.54, 1.807) is 4.90 Å². The molecule has 0 bridgehead atoms. The number of halogens is 2. The van der Waals surface area contributed by atoms with Crippen molar-refractivity contribution in [1.29, 1.82) is 0 Å². The molecule has 2 nitrogen and oxygen atoms in total. The highest BCUT2D eigenvalue weighted by Gasteiger charge is 2.42. The molecule has 88 valence electrons. The van der Waals surface area contributed by atoms with Gasteiger partial charge >= 0.3 is 0 Å². The zero-order valence-corrected chi connectivity index (χ0v) is 8.96. The molecule has 2 rings (SSSR count). The van der Waals surface area contributed by atoms with Gasteiger partial charge in [-0.15, -0.1) is 0 Å². The molecule has 2 unspecified atom stereocenters. The van der Waals surface area contributed by atoms with E-state index in [0.29, 0.717) is 19.5 Å². The largest absolute Gasteiger partial charge is 0.390 e. The molecule has 0 spiro atoms. The number of piperidine rings is 1. The van der Waals surface area contributed by atoms with E-state index >= 15 is 0 Å². The smallest absolute Gasteiger partial charge is 0.251 e. The van der Waals surface area contributed by atoms with Crippen LogP contribution in [0.25, 0.3) is 0 Å². The van der Waals surface area contributed by atoms with Gasteiger partial charge in [-0.25, -0.2) is 8.78 Å². The second-order valence-electron chi connectivity index (χ2n) is 4.95. The topological polar surface area (TPSA) is 23.5 Å². The predicted molar refractivity (Wildman–Crippen MR) is 54.0 cm³/mol. The summed E-state index contributed by atoms with van der Waals surface area (Å²) in [5.74, 6) is 0.221. The number of likely N-dealkylation sites (tertiary alicyclic amines) is 1. The Morgan fingerprint density at radius 1 is 1.33 bits per heavy atom. The maximum Gasteiger partial charge on any atom is 0.251 e. The summed E-state index contributed by atoms with van der Waals surface area (Å²) in [7, 11) is 0. The molecule has 0 aromatic heterocycles. The number of rotatable bonds is 2. The number of nitrogens with zero attached hydrogens (tertiary/aromatic N) is 1. The molecular weight excluding hydrogens is 200 g/mol. The van der Waals surface area contributed by atoms with Gasteiger partial charge in [-0.1, -0.05) is 12.8 Å². The molecule has 1 N–H and O–H groups in total. The SMILES string of the molecule is OC12CCCCC1CN(CC(F)F)CC2. The lowest BCUT2D eigenvalue weighted by atomic mass is 9.71. The summed E-state index contributed by atoms with van der Waals surface area (Å²) in [5, 5.41) is 10.3. The third-order valence-electron chi connectivity index (χ3n) is 3.91. The van der Waals surface area contributed by atoms with Crippen molar-refractivity contribution in [2.24, 2.45) is 5.92 Å². The summed E-state index contributed by atoms with van der Waals surface area (Å²) in [4.78, 5) is 1.80. The molecule has 15 heavy (non-hydrogen) atoms. The number of fused-ring (bicyclic) bond motifs is 1. The lowest BCUT2D eigenvalue weighted by molar-refractivity contribution is -0.101. The number of hydrogen-bond donors (Lipinski definition) is 1. The van der Waals surface area contributed by atoms with E-state index in [1.165, 1.54) is 0 Å². The minimum atomic E-state index is -2.25. The van der Waals surface area contributed by atoms with E-state index in [0.717, 1.165) is 25.7 Å². The Bertz CT molecular complexity index is 225. The number of aliphatic hydroxyl groups is 1. The van der Waals surface area contributed by atoms with Gasteiger partial charge in [-0.3, -0.25) is 4.90 Å². The Kier molecular flexibility index (Phi) is 3.26. The fourth-order valence-electron chi connectivity index (χ4n) is 3.00. The van der Waals surface area contributed by atoms with Crippen molar-refractivity contribution >= 4 is 0 Å². The van der Waals surface area contributed by atoms with Gasteiger partial charge in [0.15, 0.2) is 0 Å². The van der Waals surface area contributed by atoms with Crippen LogP contribution in [-0.4, -0.2) is 41.7 Å². The van der Waals surface area contributed by atoms with Crippen LogP contribution in [0.3, 0.4) is 0 Å². The summed E-state index contributed by atoms with van der Waals surface area (Å²) in [6.07, 6.45) is 2.50. The Hall–Kier alpha value is -0.220. The van der Waals surface area contributed by atoms with E-state index < -0.39 is 12.0 Å². The van der Waals surface area contributed by atoms with E-state index in [9.17, 15) is 13.9 Å². The van der Waals surface area contributed by atoms with Crippen LogP contribution in [0.5, 0.6) is 0 Å². The molecule has 0 aromatic rings. The first-order valence-electron chi connectivity index (χ1n) is 5.83. The van der Waals surface area contributed by atoms with Gasteiger partial charge in [0.25, 0.3) is 6.43 Å². The summed E-state index contributed by atoms with van der Waals surface area (Å²) in [6, 6.07) is 0. The summed E-state index contributed by atoms with van der Waals surface area (Å²) in [6.45, 7) is 1.14. The van der Waals surface area contributed by atoms with Crippen LogP contribution in [0.2, 0.25) is 0 Å². The van der Waals surface area contributed by atoms with Gasteiger partial charge in [0.1, 0.15) is 0 Å². The molecule has 0 aromatic carbocycles. The molecule has 1 aliphatic carbocycles. The molecule has 2 fully saturated rings. The van der Waals surface area contributed by atoms with Crippen molar-refractivity contribution in [1.82, 2.24) is 4.90 Å². The molecule has 0 radical (unpaired) electrons. The summed E-state index contributed by atoms with van der Waals surface area (Å²) < 4.78 is 24.5. The monoisotopic (exact) mass is 219 g/mol. The fourth-order valence-corrected chi connectivity index (χ4v) is 3.00. The first-order chi connectivity index (χ1) is 7.10. The molecular formula is C11H19F2NO. The van der Waals surface area contributed by atoms with Crippen molar-refractivity contribution < 1.29 is 13.9 Å². The Morgan fingerprint density at radius 3 is 2.87 bits per heavy atom. The highest BCUT2D eigenvalue weighted by Crippen LogP contribution is 2.39. The minimum Gasteiger partial charge on any atom is -0.390 e. The summed E-state index contributed by atoms with van der Waals surface area (Å²) >= 11 is 0. The van der Waals surface area contributed by atoms with Crippen molar-refractivity contribution in [2.45, 2.75) is 44.1 Å². The van der Waals surface area contributed by atoms with Crippen molar-refractivity contribution in [2.75, 3.05) is 19.6 Å². The molecule has 1 heterocycles. The van der Waals surface area contributed by atoms with E-state index in [1.807, 2.05) is 0 Å². The Labute approximate surface area is 89.3 Å². The number of alkyl halides is 2. The van der Waals surface area contributed by atoms with Gasteiger partial charge in [0, 0.05) is 19.0 Å². The second-order valence-corrected chi connectivity index (χ2v) is 4.95. The standard InChI is InChI=1S/C11H19F2NO/c12-10(13)8-14-6-5-11(15)4-2-1-3-9(11)7-14/h9-10,15H,1-8H2. The molecule has 4 heteroatoms. The lowest BCUT2D eigenvalue weighted by Crippen LogP contribution is -2.54. The van der Waals surface area contributed by atoms with Crippen LogP contribution in [0.1, 0.15) is 32.1 Å². The first kappa shape index (κ1) is 11.3. The van der Waals surface area contributed by atoms with Crippen LogP contribution in [0, 0.1) is 5.92 Å². The molecule has 2 atom stereocenters. The van der Waals surface area contributed by atoms with Crippen molar-refractivity contribution in [3.63, 3.8) is 0 Å². The van der Waals surface area contributed by atoms with E-state index in [4.69, 9.17) is 0 Å². The average molecular weight is 219 g/mol. The average Bonchev–Trinajstić information content (AvgIpc) is 2.17. The van der Waals surface area contributed by atoms with Crippen LogP contribution in [-0.2, 0) is 0 Å². The normalized spacial score (nSPS) is 38.0. The zero-order valence-electron chi connectivity index (χ0n) is 8.96. The Morgan fingerprint density at radius 2 is 2.13 bits per heavy atom. The maximum absolute atomic E-state index is 12.2. The molecule has 1 saturated heterocycles. The van der Waals surface area contributed by atoms with Crippen molar-refractivity contribution in [3.8, 4) is 0 Å². The molecule has 2 aliphatic rings. The molecule has 1 aliphatic heterocycles. The number of hydrogen-bond acceptors (Lipinski definition) is 2. The quantitative estimate of drug-likeness (QED) is 0.766.